The maximum Gasteiger partial charge on any atom is 0.273 e. The number of carbonyl (C=O) groups excluding carboxylic acids is 1. The van der Waals surface area contributed by atoms with Crippen molar-refractivity contribution in [2.45, 2.75) is 44.1 Å². The van der Waals surface area contributed by atoms with Crippen LogP contribution < -0.4 is 0 Å². The van der Waals surface area contributed by atoms with Crippen molar-refractivity contribution < 1.29 is 4.79 Å². The first-order chi connectivity index (χ1) is 15.5. The Morgan fingerprint density at radius 3 is 2.72 bits per heavy atom. The SMILES string of the molecule is CC(c1ncnn1-c1ncccn1)N(CC1CC1)C(=O)c1cc(Cl)cc(C2(C#N)CC2)n1. The number of amides is 1. The number of nitrogens with zero attached hydrogens (tertiary/aromatic N) is 8. The highest BCUT2D eigenvalue weighted by atomic mass is 35.5. The summed E-state index contributed by atoms with van der Waals surface area (Å²) in [5.74, 6) is 1.14. The van der Waals surface area contributed by atoms with Crippen LogP contribution >= 0.6 is 11.6 Å². The van der Waals surface area contributed by atoms with Crippen LogP contribution in [-0.4, -0.2) is 47.1 Å². The van der Waals surface area contributed by atoms with Crippen LogP contribution in [-0.2, 0) is 5.41 Å². The van der Waals surface area contributed by atoms with Crippen LogP contribution in [0.5, 0.6) is 0 Å². The van der Waals surface area contributed by atoms with Gasteiger partial charge in [0.25, 0.3) is 11.9 Å². The van der Waals surface area contributed by atoms with E-state index >= 15 is 0 Å². The van der Waals surface area contributed by atoms with Crippen LogP contribution in [0.3, 0.4) is 0 Å². The molecule has 1 amide bonds. The number of halogens is 1. The second-order valence-corrected chi connectivity index (χ2v) is 8.84. The molecule has 2 aliphatic carbocycles. The maximum absolute atomic E-state index is 13.7. The third-order valence-corrected chi connectivity index (χ3v) is 6.25. The summed E-state index contributed by atoms with van der Waals surface area (Å²) in [4.78, 5) is 32.9. The highest BCUT2D eigenvalue weighted by molar-refractivity contribution is 6.31. The van der Waals surface area contributed by atoms with E-state index in [-0.39, 0.29) is 11.6 Å². The van der Waals surface area contributed by atoms with Gasteiger partial charge in [0.15, 0.2) is 5.82 Å². The largest absolute Gasteiger partial charge is 0.327 e. The summed E-state index contributed by atoms with van der Waals surface area (Å²) in [6.45, 7) is 2.49. The Hall–Kier alpha value is -3.38. The first-order valence-electron chi connectivity index (χ1n) is 10.6. The molecule has 1 atom stereocenters. The molecule has 32 heavy (non-hydrogen) atoms. The highest BCUT2D eigenvalue weighted by Crippen LogP contribution is 2.47. The lowest BCUT2D eigenvalue weighted by molar-refractivity contribution is 0.0664. The highest BCUT2D eigenvalue weighted by Gasteiger charge is 2.47. The van der Waals surface area contributed by atoms with E-state index in [0.717, 1.165) is 25.7 Å². The Morgan fingerprint density at radius 1 is 1.31 bits per heavy atom. The van der Waals surface area contributed by atoms with Gasteiger partial charge < -0.3 is 4.90 Å². The smallest absolute Gasteiger partial charge is 0.273 e. The van der Waals surface area contributed by atoms with E-state index in [9.17, 15) is 10.1 Å². The predicted molar refractivity (Wildman–Crippen MR) is 115 cm³/mol. The Morgan fingerprint density at radius 2 is 2.06 bits per heavy atom. The topological polar surface area (TPSA) is 113 Å². The second-order valence-electron chi connectivity index (χ2n) is 8.41. The van der Waals surface area contributed by atoms with Crippen LogP contribution in [0.15, 0.2) is 36.9 Å². The Kier molecular flexibility index (Phi) is 5.10. The van der Waals surface area contributed by atoms with E-state index in [1.54, 1.807) is 40.2 Å². The molecule has 3 heterocycles. The van der Waals surface area contributed by atoms with Crippen molar-refractivity contribution in [2.75, 3.05) is 6.54 Å². The van der Waals surface area contributed by atoms with Crippen LogP contribution in [0, 0.1) is 17.2 Å². The van der Waals surface area contributed by atoms with Crippen molar-refractivity contribution in [3.8, 4) is 12.0 Å². The molecule has 0 spiro atoms. The monoisotopic (exact) mass is 448 g/mol. The molecule has 0 bridgehead atoms. The van der Waals surface area contributed by atoms with E-state index < -0.39 is 11.5 Å². The molecule has 10 heteroatoms. The van der Waals surface area contributed by atoms with Gasteiger partial charge in [-0.05, 0) is 56.7 Å². The number of carbonyl (C=O) groups is 1. The van der Waals surface area contributed by atoms with Gasteiger partial charge in [-0.3, -0.25) is 4.79 Å². The number of hydrogen-bond acceptors (Lipinski definition) is 7. The van der Waals surface area contributed by atoms with Gasteiger partial charge in [-0.1, -0.05) is 11.6 Å². The lowest BCUT2D eigenvalue weighted by Crippen LogP contribution is -2.37. The minimum absolute atomic E-state index is 0.239. The van der Waals surface area contributed by atoms with Gasteiger partial charge in [-0.2, -0.15) is 15.0 Å². The van der Waals surface area contributed by atoms with Gasteiger partial charge in [0.2, 0.25) is 0 Å². The fourth-order valence-corrected chi connectivity index (χ4v) is 3.98. The molecule has 2 aliphatic rings. The average molecular weight is 449 g/mol. The minimum atomic E-state index is -0.627. The standard InChI is InChI=1S/C22H21ClN8O/c1-14(19-27-13-28-31(19)21-25-7-2-8-26-21)30(11-15-3-4-15)20(32)17-9-16(23)10-18(29-17)22(12-24)5-6-22/h2,7-10,13-15H,3-6,11H2,1H3. The zero-order valence-electron chi connectivity index (χ0n) is 17.5. The minimum Gasteiger partial charge on any atom is -0.327 e. The van der Waals surface area contributed by atoms with Crippen molar-refractivity contribution in [3.05, 3.63) is 59.2 Å². The molecule has 5 rings (SSSR count). The third kappa shape index (κ3) is 3.82. The van der Waals surface area contributed by atoms with E-state index in [1.165, 1.54) is 6.33 Å². The zero-order chi connectivity index (χ0) is 22.3. The summed E-state index contributed by atoms with van der Waals surface area (Å²) in [5, 5.41) is 14.2. The van der Waals surface area contributed by atoms with Crippen LogP contribution in [0.4, 0.5) is 0 Å². The summed E-state index contributed by atoms with van der Waals surface area (Å²) < 4.78 is 1.55. The summed E-state index contributed by atoms with van der Waals surface area (Å²) >= 11 is 6.33. The van der Waals surface area contributed by atoms with Gasteiger partial charge in [0.1, 0.15) is 12.0 Å². The maximum atomic E-state index is 13.7. The van der Waals surface area contributed by atoms with Gasteiger partial charge in [-0.25, -0.2) is 19.9 Å². The number of hydrogen-bond donors (Lipinski definition) is 0. The molecule has 162 valence electrons. The molecule has 0 saturated heterocycles. The van der Waals surface area contributed by atoms with Crippen LogP contribution in [0.2, 0.25) is 5.02 Å². The molecule has 0 N–H and O–H groups in total. The number of rotatable bonds is 7. The Bertz CT molecular complexity index is 1200. The quantitative estimate of drug-likeness (QED) is 0.544. The summed E-state index contributed by atoms with van der Waals surface area (Å²) in [5.41, 5.74) is 0.178. The molecule has 3 aromatic heterocycles. The summed E-state index contributed by atoms with van der Waals surface area (Å²) in [6.07, 6.45) is 8.31. The first kappa shape index (κ1) is 20.5. The molecule has 0 aliphatic heterocycles. The Labute approximate surface area is 190 Å². The number of aromatic nitrogens is 6. The van der Waals surface area contributed by atoms with E-state index in [4.69, 9.17) is 11.6 Å². The molecule has 0 radical (unpaired) electrons. The lowest BCUT2D eigenvalue weighted by atomic mass is 10.0. The van der Waals surface area contributed by atoms with Crippen LogP contribution in [0.25, 0.3) is 5.95 Å². The summed E-state index contributed by atoms with van der Waals surface area (Å²) in [6, 6.07) is 6.90. The third-order valence-electron chi connectivity index (χ3n) is 6.03. The molecule has 3 aromatic rings. The van der Waals surface area contributed by atoms with E-state index in [2.05, 4.69) is 31.1 Å². The molecular weight excluding hydrogens is 428 g/mol. The normalized spacial score (nSPS) is 17.4. The van der Waals surface area contributed by atoms with Crippen molar-refractivity contribution >= 4 is 17.5 Å². The van der Waals surface area contributed by atoms with Crippen LogP contribution in [0.1, 0.15) is 60.7 Å². The number of pyridine rings is 1. The van der Waals surface area contributed by atoms with Crippen molar-refractivity contribution in [1.82, 2.24) is 34.6 Å². The molecule has 2 fully saturated rings. The van der Waals surface area contributed by atoms with Crippen molar-refractivity contribution in [2.24, 2.45) is 5.92 Å². The second kappa shape index (κ2) is 7.95. The Balaban J connectivity index is 1.50. The molecule has 9 nitrogen and oxygen atoms in total. The molecule has 2 saturated carbocycles. The van der Waals surface area contributed by atoms with Crippen molar-refractivity contribution in [1.29, 1.82) is 5.26 Å². The fourth-order valence-electron chi connectivity index (χ4n) is 3.77. The lowest BCUT2D eigenvalue weighted by Gasteiger charge is -2.29. The zero-order valence-corrected chi connectivity index (χ0v) is 18.3. The van der Waals surface area contributed by atoms with Gasteiger partial charge in [-0.15, -0.1) is 0 Å². The number of nitriles is 1. The van der Waals surface area contributed by atoms with Gasteiger partial charge in [0, 0.05) is 24.0 Å². The molecular formula is C22H21ClN8O. The van der Waals surface area contributed by atoms with E-state index in [1.807, 2.05) is 6.92 Å². The molecule has 0 aromatic carbocycles. The van der Waals surface area contributed by atoms with Crippen molar-refractivity contribution in [3.63, 3.8) is 0 Å². The fraction of sp³-hybridized carbons (Fsp3) is 0.409. The first-order valence-corrected chi connectivity index (χ1v) is 11.0. The average Bonchev–Trinajstić information content (AvgIpc) is 3.74. The van der Waals surface area contributed by atoms with Gasteiger partial charge >= 0.3 is 0 Å². The summed E-state index contributed by atoms with van der Waals surface area (Å²) in [7, 11) is 0. The molecule has 1 unspecified atom stereocenters. The van der Waals surface area contributed by atoms with Gasteiger partial charge in [0.05, 0.1) is 23.2 Å². The predicted octanol–water partition coefficient (Wildman–Crippen LogP) is 3.27. The van der Waals surface area contributed by atoms with E-state index in [0.29, 0.717) is 35.0 Å².